The number of aliphatic hydroxyl groups is 1. The summed E-state index contributed by atoms with van der Waals surface area (Å²) in [7, 11) is 0. The Bertz CT molecular complexity index is 286. The first kappa shape index (κ1) is 10.5. The summed E-state index contributed by atoms with van der Waals surface area (Å²) < 4.78 is 0. The van der Waals surface area contributed by atoms with Gasteiger partial charge in [-0.2, -0.15) is 0 Å². The molecule has 0 heterocycles. The highest BCUT2D eigenvalue weighted by atomic mass is 35.5. The van der Waals surface area contributed by atoms with Crippen LogP contribution in [0.25, 0.3) is 0 Å². The Kier molecular flexibility index (Phi) is 3.31. The van der Waals surface area contributed by atoms with Crippen LogP contribution in [0.15, 0.2) is 24.3 Å². The summed E-state index contributed by atoms with van der Waals surface area (Å²) in [6.07, 6.45) is 0.511. The van der Waals surface area contributed by atoms with E-state index < -0.39 is 5.54 Å². The van der Waals surface area contributed by atoms with Crippen LogP contribution >= 0.6 is 11.6 Å². The minimum Gasteiger partial charge on any atom is -0.396 e. The predicted octanol–water partition coefficient (Wildman–Crippen LogP) is 1.90. The maximum Gasteiger partial charge on any atom is 0.0456 e. The first-order valence-electron chi connectivity index (χ1n) is 4.22. The van der Waals surface area contributed by atoms with E-state index in [0.717, 1.165) is 5.56 Å². The molecule has 1 aromatic rings. The molecule has 0 aliphatic heterocycles. The summed E-state index contributed by atoms with van der Waals surface area (Å²) in [4.78, 5) is 0. The Hall–Kier alpha value is -0.570. The second kappa shape index (κ2) is 4.09. The van der Waals surface area contributed by atoms with Crippen molar-refractivity contribution in [2.24, 2.45) is 5.73 Å². The van der Waals surface area contributed by atoms with Crippen LogP contribution in [0.5, 0.6) is 0 Å². The van der Waals surface area contributed by atoms with Crippen LogP contribution in [0.1, 0.15) is 18.9 Å². The minimum atomic E-state index is -0.549. The average molecular weight is 200 g/mol. The standard InChI is InChI=1S/C10H14ClNO/c1-10(12,6-7-13)8-4-2-3-5-9(8)11/h2-5,13H,6-7,12H2,1H3. The summed E-state index contributed by atoms with van der Waals surface area (Å²) in [6.45, 7) is 1.93. The van der Waals surface area contributed by atoms with E-state index in [1.165, 1.54) is 0 Å². The molecule has 72 valence electrons. The molecule has 0 aromatic heterocycles. The third-order valence-electron chi connectivity index (χ3n) is 2.12. The van der Waals surface area contributed by atoms with Gasteiger partial charge in [0.2, 0.25) is 0 Å². The van der Waals surface area contributed by atoms with Gasteiger partial charge in [-0.25, -0.2) is 0 Å². The first-order chi connectivity index (χ1) is 6.08. The maximum absolute atomic E-state index is 8.83. The third kappa shape index (κ3) is 2.44. The first-order valence-corrected chi connectivity index (χ1v) is 4.60. The second-order valence-corrected chi connectivity index (χ2v) is 3.78. The Morgan fingerprint density at radius 3 is 2.62 bits per heavy atom. The van der Waals surface area contributed by atoms with Crippen LogP contribution in [0.4, 0.5) is 0 Å². The number of nitrogens with two attached hydrogens (primary N) is 1. The molecule has 3 N–H and O–H groups in total. The van der Waals surface area contributed by atoms with Crippen molar-refractivity contribution in [1.29, 1.82) is 0 Å². The Labute approximate surface area is 83.3 Å². The van der Waals surface area contributed by atoms with Crippen molar-refractivity contribution in [2.45, 2.75) is 18.9 Å². The minimum absolute atomic E-state index is 0.0677. The van der Waals surface area contributed by atoms with Crippen molar-refractivity contribution < 1.29 is 5.11 Å². The molecule has 0 radical (unpaired) electrons. The van der Waals surface area contributed by atoms with Gasteiger partial charge >= 0.3 is 0 Å². The molecule has 0 amide bonds. The normalized spacial score (nSPS) is 15.4. The molecular weight excluding hydrogens is 186 g/mol. The van der Waals surface area contributed by atoms with Crippen LogP contribution in [0.3, 0.4) is 0 Å². The van der Waals surface area contributed by atoms with Crippen molar-refractivity contribution in [2.75, 3.05) is 6.61 Å². The van der Waals surface area contributed by atoms with Gasteiger partial charge in [0.15, 0.2) is 0 Å². The van der Waals surface area contributed by atoms with E-state index in [0.29, 0.717) is 11.4 Å². The molecule has 0 aliphatic carbocycles. The summed E-state index contributed by atoms with van der Waals surface area (Å²) in [5, 5.41) is 9.48. The van der Waals surface area contributed by atoms with Gasteiger partial charge in [-0.05, 0) is 25.0 Å². The van der Waals surface area contributed by atoms with Crippen molar-refractivity contribution in [3.63, 3.8) is 0 Å². The zero-order valence-corrected chi connectivity index (χ0v) is 8.38. The Balaban J connectivity index is 2.99. The van der Waals surface area contributed by atoms with E-state index in [2.05, 4.69) is 0 Å². The topological polar surface area (TPSA) is 46.2 Å². The molecular formula is C10H14ClNO. The van der Waals surface area contributed by atoms with Crippen LogP contribution in [-0.4, -0.2) is 11.7 Å². The second-order valence-electron chi connectivity index (χ2n) is 3.37. The van der Waals surface area contributed by atoms with E-state index in [-0.39, 0.29) is 6.61 Å². The highest BCUT2D eigenvalue weighted by Gasteiger charge is 2.22. The summed E-state index contributed by atoms with van der Waals surface area (Å²) >= 11 is 5.98. The molecule has 0 saturated carbocycles. The molecule has 0 saturated heterocycles. The lowest BCUT2D eigenvalue weighted by molar-refractivity contribution is 0.247. The highest BCUT2D eigenvalue weighted by molar-refractivity contribution is 6.31. The van der Waals surface area contributed by atoms with Crippen molar-refractivity contribution in [3.05, 3.63) is 34.9 Å². The number of aliphatic hydroxyl groups excluding tert-OH is 1. The van der Waals surface area contributed by atoms with E-state index in [4.69, 9.17) is 22.4 Å². The van der Waals surface area contributed by atoms with E-state index in [1.54, 1.807) is 6.07 Å². The van der Waals surface area contributed by atoms with Crippen molar-refractivity contribution >= 4 is 11.6 Å². The van der Waals surface area contributed by atoms with E-state index >= 15 is 0 Å². The van der Waals surface area contributed by atoms with Crippen LogP contribution in [0.2, 0.25) is 5.02 Å². The number of benzene rings is 1. The van der Waals surface area contributed by atoms with E-state index in [1.807, 2.05) is 25.1 Å². The molecule has 0 spiro atoms. The van der Waals surface area contributed by atoms with Gasteiger partial charge in [-0.3, -0.25) is 0 Å². The Morgan fingerprint density at radius 2 is 2.08 bits per heavy atom. The van der Waals surface area contributed by atoms with Crippen LogP contribution in [0, 0.1) is 0 Å². The molecule has 1 atom stereocenters. The van der Waals surface area contributed by atoms with Gasteiger partial charge in [-0.1, -0.05) is 29.8 Å². The van der Waals surface area contributed by atoms with Crippen molar-refractivity contribution in [1.82, 2.24) is 0 Å². The Morgan fingerprint density at radius 1 is 1.46 bits per heavy atom. The van der Waals surface area contributed by atoms with Gasteiger partial charge in [0.25, 0.3) is 0 Å². The third-order valence-corrected chi connectivity index (χ3v) is 2.45. The fourth-order valence-electron chi connectivity index (χ4n) is 1.29. The molecule has 0 aliphatic rings. The lowest BCUT2D eigenvalue weighted by Crippen LogP contribution is -2.34. The van der Waals surface area contributed by atoms with Gasteiger partial charge in [0.05, 0.1) is 0 Å². The number of hydrogen-bond donors (Lipinski definition) is 2. The molecule has 0 fully saturated rings. The molecule has 2 nitrogen and oxygen atoms in total. The summed E-state index contributed by atoms with van der Waals surface area (Å²) in [6, 6.07) is 7.45. The SMILES string of the molecule is CC(N)(CCO)c1ccccc1Cl. The monoisotopic (exact) mass is 199 g/mol. The summed E-state index contributed by atoms with van der Waals surface area (Å²) in [5.74, 6) is 0. The number of rotatable bonds is 3. The number of halogens is 1. The lowest BCUT2D eigenvalue weighted by Gasteiger charge is -2.25. The highest BCUT2D eigenvalue weighted by Crippen LogP contribution is 2.27. The number of hydrogen-bond acceptors (Lipinski definition) is 2. The maximum atomic E-state index is 8.83. The largest absolute Gasteiger partial charge is 0.396 e. The summed E-state index contributed by atoms with van der Waals surface area (Å²) in [5.41, 5.74) is 6.34. The fraction of sp³-hybridized carbons (Fsp3) is 0.400. The van der Waals surface area contributed by atoms with Crippen LogP contribution in [-0.2, 0) is 5.54 Å². The average Bonchev–Trinajstić information content (AvgIpc) is 2.04. The smallest absolute Gasteiger partial charge is 0.0456 e. The van der Waals surface area contributed by atoms with Gasteiger partial charge in [0, 0.05) is 17.2 Å². The van der Waals surface area contributed by atoms with Gasteiger partial charge in [0.1, 0.15) is 0 Å². The van der Waals surface area contributed by atoms with Crippen LogP contribution < -0.4 is 5.73 Å². The molecule has 1 aromatic carbocycles. The lowest BCUT2D eigenvalue weighted by atomic mass is 9.90. The zero-order chi connectivity index (χ0) is 9.90. The molecule has 0 bridgehead atoms. The fourth-order valence-corrected chi connectivity index (χ4v) is 1.64. The van der Waals surface area contributed by atoms with E-state index in [9.17, 15) is 0 Å². The molecule has 1 rings (SSSR count). The van der Waals surface area contributed by atoms with Gasteiger partial charge < -0.3 is 10.8 Å². The van der Waals surface area contributed by atoms with Gasteiger partial charge in [-0.15, -0.1) is 0 Å². The molecule has 3 heteroatoms. The quantitative estimate of drug-likeness (QED) is 0.781. The molecule has 13 heavy (non-hydrogen) atoms. The molecule has 1 unspecified atom stereocenters. The van der Waals surface area contributed by atoms with Crippen molar-refractivity contribution in [3.8, 4) is 0 Å². The predicted molar refractivity (Wildman–Crippen MR) is 54.7 cm³/mol. The zero-order valence-electron chi connectivity index (χ0n) is 7.63.